The topological polar surface area (TPSA) is 101 Å². The minimum absolute atomic E-state index is 0.0789. The van der Waals surface area contributed by atoms with Crippen LogP contribution in [0.25, 0.3) is 0 Å². The quantitative estimate of drug-likeness (QED) is 0.528. The number of benzene rings is 2. The smallest absolute Gasteiger partial charge is 0.257 e. The number of rotatable bonds is 6. The molecule has 1 spiro atoms. The van der Waals surface area contributed by atoms with Crippen LogP contribution in [0.15, 0.2) is 72.9 Å². The molecule has 0 radical (unpaired) electrons. The molecule has 39 heavy (non-hydrogen) atoms. The highest BCUT2D eigenvalue weighted by Crippen LogP contribution is 2.39. The summed E-state index contributed by atoms with van der Waals surface area (Å²) < 4.78 is 11.6. The van der Waals surface area contributed by atoms with Gasteiger partial charge in [-0.15, -0.1) is 0 Å². The van der Waals surface area contributed by atoms with E-state index in [2.05, 4.69) is 10.3 Å². The van der Waals surface area contributed by atoms with Crippen molar-refractivity contribution in [3.63, 3.8) is 0 Å². The van der Waals surface area contributed by atoms with E-state index < -0.39 is 11.8 Å². The summed E-state index contributed by atoms with van der Waals surface area (Å²) in [7, 11) is 1.56. The molecular weight excluding hydrogens is 496 g/mol. The monoisotopic (exact) mass is 528 g/mol. The molecular formula is C30H32N4O5. The largest absolute Gasteiger partial charge is 0.497 e. The number of pyridine rings is 1. The lowest BCUT2D eigenvalue weighted by Crippen LogP contribution is -2.59. The molecule has 2 fully saturated rings. The number of carbonyl (C=O) groups is 3. The molecule has 0 aliphatic carbocycles. The van der Waals surface area contributed by atoms with Gasteiger partial charge in [0.2, 0.25) is 5.91 Å². The van der Waals surface area contributed by atoms with E-state index in [0.29, 0.717) is 42.8 Å². The number of methoxy groups -OCH3 is 1. The Labute approximate surface area is 227 Å². The van der Waals surface area contributed by atoms with Crippen LogP contribution in [0.3, 0.4) is 0 Å². The van der Waals surface area contributed by atoms with E-state index in [-0.39, 0.29) is 30.9 Å². The first-order valence-corrected chi connectivity index (χ1v) is 13.1. The predicted molar refractivity (Wildman–Crippen MR) is 144 cm³/mol. The number of aryl methyl sites for hydroxylation is 1. The second kappa shape index (κ2) is 11.2. The maximum absolute atomic E-state index is 14.0. The van der Waals surface area contributed by atoms with E-state index in [1.807, 2.05) is 43.3 Å². The number of aromatic nitrogens is 1. The second-order valence-corrected chi connectivity index (χ2v) is 9.83. The van der Waals surface area contributed by atoms with Crippen molar-refractivity contribution in [2.75, 3.05) is 26.8 Å². The average molecular weight is 529 g/mol. The van der Waals surface area contributed by atoms with Gasteiger partial charge >= 0.3 is 0 Å². The first kappa shape index (κ1) is 26.4. The second-order valence-electron chi connectivity index (χ2n) is 9.83. The minimum Gasteiger partial charge on any atom is -0.497 e. The molecule has 9 nitrogen and oxygen atoms in total. The van der Waals surface area contributed by atoms with Gasteiger partial charge in [-0.3, -0.25) is 24.3 Å². The van der Waals surface area contributed by atoms with Crippen LogP contribution >= 0.6 is 0 Å². The summed E-state index contributed by atoms with van der Waals surface area (Å²) in [5, 5.41) is 2.92. The molecule has 3 heterocycles. The highest BCUT2D eigenvalue weighted by Gasteiger charge is 2.54. The van der Waals surface area contributed by atoms with E-state index in [1.165, 1.54) is 0 Å². The fourth-order valence-corrected chi connectivity index (χ4v) is 5.31. The van der Waals surface area contributed by atoms with Gasteiger partial charge in [0.25, 0.3) is 11.8 Å². The number of piperidine rings is 1. The fourth-order valence-electron chi connectivity index (χ4n) is 5.31. The number of ether oxygens (including phenoxy) is 2. The van der Waals surface area contributed by atoms with Crippen molar-refractivity contribution in [2.45, 2.75) is 38.1 Å². The molecule has 3 aromatic rings. The van der Waals surface area contributed by atoms with Crippen LogP contribution in [0, 0.1) is 6.92 Å². The molecule has 2 aromatic carbocycles. The number of likely N-dealkylation sites (tertiary alicyclic amines) is 1. The maximum atomic E-state index is 14.0. The van der Waals surface area contributed by atoms with Crippen molar-refractivity contribution in [1.29, 1.82) is 0 Å². The van der Waals surface area contributed by atoms with Crippen LogP contribution in [0.2, 0.25) is 0 Å². The zero-order valence-electron chi connectivity index (χ0n) is 22.1. The van der Waals surface area contributed by atoms with Crippen LogP contribution in [0.4, 0.5) is 0 Å². The van der Waals surface area contributed by atoms with Crippen LogP contribution in [0.1, 0.15) is 44.8 Å². The van der Waals surface area contributed by atoms with Gasteiger partial charge in [0.05, 0.1) is 26.0 Å². The maximum Gasteiger partial charge on any atom is 0.257 e. The van der Waals surface area contributed by atoms with E-state index >= 15 is 0 Å². The minimum atomic E-state index is -0.989. The summed E-state index contributed by atoms with van der Waals surface area (Å²) in [4.78, 5) is 48.3. The summed E-state index contributed by atoms with van der Waals surface area (Å²) >= 11 is 0. The van der Waals surface area contributed by atoms with Crippen molar-refractivity contribution in [3.8, 4) is 5.75 Å². The van der Waals surface area contributed by atoms with Gasteiger partial charge in [-0.05, 0) is 48.9 Å². The standard InChI is InChI=1S/C30H32N4O5/c1-21-8-3-4-12-25(21)29(37)34-26(27(35)32-19-23-10-5-6-15-31-23)20-39-30(34)13-16-33(17-14-30)28(36)22-9-7-11-24(18-22)38-2/h3-12,15,18,26H,13-14,16-17,19-20H2,1-2H3,(H,32,35). The average Bonchev–Trinajstić information content (AvgIpc) is 3.34. The zero-order valence-corrected chi connectivity index (χ0v) is 22.1. The molecule has 1 atom stereocenters. The molecule has 5 rings (SSSR count). The Hall–Kier alpha value is -4.24. The molecule has 202 valence electrons. The van der Waals surface area contributed by atoms with Crippen molar-refractivity contribution < 1.29 is 23.9 Å². The Morgan fingerprint density at radius 3 is 2.51 bits per heavy atom. The number of hydrogen-bond acceptors (Lipinski definition) is 6. The normalized spacial score (nSPS) is 18.2. The van der Waals surface area contributed by atoms with Crippen molar-refractivity contribution in [2.24, 2.45) is 0 Å². The predicted octanol–water partition coefficient (Wildman–Crippen LogP) is 3.19. The third-order valence-electron chi connectivity index (χ3n) is 7.48. The van der Waals surface area contributed by atoms with E-state index in [0.717, 1.165) is 11.3 Å². The van der Waals surface area contributed by atoms with Crippen LogP contribution < -0.4 is 10.1 Å². The third-order valence-corrected chi connectivity index (χ3v) is 7.48. The molecule has 0 saturated carbocycles. The molecule has 3 amide bonds. The van der Waals surface area contributed by atoms with Gasteiger partial charge in [0, 0.05) is 43.3 Å². The molecule has 1 unspecified atom stereocenters. The van der Waals surface area contributed by atoms with E-state index in [1.54, 1.807) is 53.4 Å². The van der Waals surface area contributed by atoms with Gasteiger partial charge in [-0.2, -0.15) is 0 Å². The van der Waals surface area contributed by atoms with E-state index in [9.17, 15) is 14.4 Å². The number of amides is 3. The molecule has 1 aromatic heterocycles. The van der Waals surface area contributed by atoms with Gasteiger partial charge in [0.1, 0.15) is 17.5 Å². The van der Waals surface area contributed by atoms with E-state index in [4.69, 9.17) is 9.47 Å². The van der Waals surface area contributed by atoms with Gasteiger partial charge in [-0.25, -0.2) is 0 Å². The number of nitrogens with one attached hydrogen (secondary N) is 1. The van der Waals surface area contributed by atoms with Crippen LogP contribution in [0.5, 0.6) is 5.75 Å². The first-order valence-electron chi connectivity index (χ1n) is 13.1. The molecule has 2 aliphatic heterocycles. The number of nitrogens with zero attached hydrogens (tertiary/aromatic N) is 3. The lowest BCUT2D eigenvalue weighted by Gasteiger charge is -2.44. The highest BCUT2D eigenvalue weighted by atomic mass is 16.5. The molecule has 1 N–H and O–H groups in total. The van der Waals surface area contributed by atoms with Crippen LogP contribution in [-0.4, -0.2) is 71.1 Å². The molecule has 2 saturated heterocycles. The summed E-state index contributed by atoms with van der Waals surface area (Å²) in [6, 6.07) is 19.1. The van der Waals surface area contributed by atoms with Gasteiger partial charge in [0.15, 0.2) is 0 Å². The molecule has 0 bridgehead atoms. The Bertz CT molecular complexity index is 1350. The Morgan fingerprint density at radius 2 is 1.79 bits per heavy atom. The van der Waals surface area contributed by atoms with Gasteiger partial charge in [-0.1, -0.05) is 30.3 Å². The van der Waals surface area contributed by atoms with Crippen LogP contribution in [-0.2, 0) is 16.1 Å². The Balaban J connectivity index is 1.37. The summed E-state index contributed by atoms with van der Waals surface area (Å²) in [6.45, 7) is 2.97. The number of hydrogen-bond donors (Lipinski definition) is 1. The summed E-state index contributed by atoms with van der Waals surface area (Å²) in [5.41, 5.74) is 1.62. The van der Waals surface area contributed by atoms with Crippen molar-refractivity contribution in [1.82, 2.24) is 20.1 Å². The lowest BCUT2D eigenvalue weighted by molar-refractivity contribution is -0.128. The highest BCUT2D eigenvalue weighted by molar-refractivity contribution is 5.99. The zero-order chi connectivity index (χ0) is 27.4. The summed E-state index contributed by atoms with van der Waals surface area (Å²) in [6.07, 6.45) is 2.46. The Kier molecular flexibility index (Phi) is 7.60. The van der Waals surface area contributed by atoms with Crippen molar-refractivity contribution in [3.05, 3.63) is 95.3 Å². The fraction of sp³-hybridized carbons (Fsp3) is 0.333. The summed E-state index contributed by atoms with van der Waals surface area (Å²) in [5.74, 6) is -0.0447. The third kappa shape index (κ3) is 5.35. The molecule has 2 aliphatic rings. The number of carbonyl (C=O) groups excluding carboxylic acids is 3. The van der Waals surface area contributed by atoms with Gasteiger partial charge < -0.3 is 19.7 Å². The Morgan fingerprint density at radius 1 is 1.03 bits per heavy atom. The lowest BCUT2D eigenvalue weighted by atomic mass is 9.95. The first-order chi connectivity index (χ1) is 18.9. The molecule has 9 heteroatoms. The SMILES string of the molecule is COc1cccc(C(=O)N2CCC3(CC2)OCC(C(=O)NCc2ccccn2)N3C(=O)c2ccccc2C)c1. The van der Waals surface area contributed by atoms with Crippen molar-refractivity contribution >= 4 is 17.7 Å².